The first-order valence-electron chi connectivity index (χ1n) is 6.11. The summed E-state index contributed by atoms with van der Waals surface area (Å²) in [6.45, 7) is 7.77. The minimum atomic E-state index is -0.589. The van der Waals surface area contributed by atoms with E-state index < -0.39 is 12.0 Å². The highest BCUT2D eigenvalue weighted by Crippen LogP contribution is 2.09. The van der Waals surface area contributed by atoms with Crippen LogP contribution in [0.3, 0.4) is 0 Å². The van der Waals surface area contributed by atoms with E-state index in [2.05, 4.69) is 15.4 Å². The molecule has 0 saturated carbocycles. The number of carbonyl (C=O) groups is 2. The van der Waals surface area contributed by atoms with Crippen molar-refractivity contribution in [2.45, 2.75) is 52.6 Å². The molecule has 0 aromatic rings. The van der Waals surface area contributed by atoms with E-state index in [9.17, 15) is 9.59 Å². The fourth-order valence-corrected chi connectivity index (χ4v) is 1.30. The molecule has 5 nitrogen and oxygen atoms in total. The fraction of sp³-hybridized carbons (Fsp3) is 0.833. The van der Waals surface area contributed by atoms with E-state index in [0.29, 0.717) is 0 Å². The number of urea groups is 1. The van der Waals surface area contributed by atoms with Crippen LogP contribution in [0, 0.1) is 5.92 Å². The molecule has 2 N–H and O–H groups in total. The first-order chi connectivity index (χ1) is 7.96. The summed E-state index contributed by atoms with van der Waals surface area (Å²) in [4.78, 5) is 23.2. The van der Waals surface area contributed by atoms with Gasteiger partial charge in [-0.15, -0.1) is 0 Å². The van der Waals surface area contributed by atoms with Crippen molar-refractivity contribution < 1.29 is 14.3 Å². The van der Waals surface area contributed by atoms with Gasteiger partial charge in [-0.3, -0.25) is 0 Å². The highest BCUT2D eigenvalue weighted by molar-refractivity contribution is 5.83. The first-order valence-corrected chi connectivity index (χ1v) is 6.11. The van der Waals surface area contributed by atoms with E-state index >= 15 is 0 Å². The minimum absolute atomic E-state index is 0.0464. The van der Waals surface area contributed by atoms with Gasteiger partial charge in [-0.2, -0.15) is 0 Å². The van der Waals surface area contributed by atoms with Gasteiger partial charge in [-0.1, -0.05) is 27.2 Å². The number of amides is 2. The van der Waals surface area contributed by atoms with Crippen LogP contribution in [0.5, 0.6) is 0 Å². The normalized spacial score (nSPS) is 15.6. The molecule has 0 heterocycles. The van der Waals surface area contributed by atoms with Crippen molar-refractivity contribution in [1.29, 1.82) is 0 Å². The maximum Gasteiger partial charge on any atom is 0.328 e. The summed E-state index contributed by atoms with van der Waals surface area (Å²) in [5.41, 5.74) is 0. The maximum absolute atomic E-state index is 11.6. The lowest BCUT2D eigenvalue weighted by Gasteiger charge is -2.23. The second kappa shape index (κ2) is 7.92. The monoisotopic (exact) mass is 244 g/mol. The molecule has 0 aliphatic heterocycles. The molecule has 0 radical (unpaired) electrons. The highest BCUT2D eigenvalue weighted by Gasteiger charge is 2.26. The van der Waals surface area contributed by atoms with Crippen molar-refractivity contribution in [1.82, 2.24) is 10.6 Å². The molecule has 2 amide bonds. The van der Waals surface area contributed by atoms with E-state index in [1.54, 1.807) is 0 Å². The molecule has 17 heavy (non-hydrogen) atoms. The predicted octanol–water partition coefficient (Wildman–Crippen LogP) is 1.67. The summed E-state index contributed by atoms with van der Waals surface area (Å²) in [5.74, 6) is -0.358. The van der Waals surface area contributed by atoms with Gasteiger partial charge in [-0.05, 0) is 19.3 Å². The zero-order chi connectivity index (χ0) is 13.4. The fourth-order valence-electron chi connectivity index (χ4n) is 1.30. The Hall–Kier alpha value is -1.26. The third-order valence-electron chi connectivity index (χ3n) is 2.94. The van der Waals surface area contributed by atoms with Gasteiger partial charge < -0.3 is 15.4 Å². The second-order valence-electron chi connectivity index (χ2n) is 4.31. The molecule has 3 atom stereocenters. The molecule has 0 spiro atoms. The molecular weight excluding hydrogens is 220 g/mol. The van der Waals surface area contributed by atoms with E-state index in [-0.39, 0.29) is 18.0 Å². The van der Waals surface area contributed by atoms with Gasteiger partial charge in [0.05, 0.1) is 7.11 Å². The van der Waals surface area contributed by atoms with Crippen LogP contribution in [0.15, 0.2) is 0 Å². The average molecular weight is 244 g/mol. The van der Waals surface area contributed by atoms with Crippen LogP contribution in [-0.2, 0) is 9.53 Å². The van der Waals surface area contributed by atoms with Crippen LogP contribution in [0.4, 0.5) is 4.79 Å². The van der Waals surface area contributed by atoms with Crippen LogP contribution >= 0.6 is 0 Å². The molecule has 5 heteroatoms. The van der Waals surface area contributed by atoms with Crippen molar-refractivity contribution in [3.8, 4) is 0 Å². The van der Waals surface area contributed by atoms with E-state index in [0.717, 1.165) is 12.8 Å². The molecule has 0 aliphatic carbocycles. The summed E-state index contributed by atoms with van der Waals surface area (Å²) in [6, 6.07) is -0.825. The third kappa shape index (κ3) is 5.56. The molecule has 0 saturated heterocycles. The highest BCUT2D eigenvalue weighted by atomic mass is 16.5. The molecule has 0 fully saturated rings. The summed E-state index contributed by atoms with van der Waals surface area (Å²) < 4.78 is 4.69. The van der Waals surface area contributed by atoms with Gasteiger partial charge in [0, 0.05) is 6.04 Å². The van der Waals surface area contributed by atoms with Crippen LogP contribution < -0.4 is 10.6 Å². The van der Waals surface area contributed by atoms with E-state index in [1.807, 2.05) is 27.7 Å². The summed E-state index contributed by atoms with van der Waals surface area (Å²) >= 11 is 0. The summed E-state index contributed by atoms with van der Waals surface area (Å²) in [6.07, 6.45) is 1.64. The lowest BCUT2D eigenvalue weighted by atomic mass is 9.99. The quantitative estimate of drug-likeness (QED) is 0.698. The predicted molar refractivity (Wildman–Crippen MR) is 66.7 cm³/mol. The third-order valence-corrected chi connectivity index (χ3v) is 2.94. The van der Waals surface area contributed by atoms with Crippen LogP contribution in [-0.4, -0.2) is 31.2 Å². The summed E-state index contributed by atoms with van der Waals surface area (Å²) in [7, 11) is 1.33. The lowest BCUT2D eigenvalue weighted by molar-refractivity contribution is -0.144. The molecule has 0 aliphatic rings. The Kier molecular flexibility index (Phi) is 7.34. The minimum Gasteiger partial charge on any atom is -0.467 e. The number of hydrogen-bond donors (Lipinski definition) is 2. The first kappa shape index (κ1) is 15.7. The van der Waals surface area contributed by atoms with E-state index in [4.69, 9.17) is 0 Å². The average Bonchev–Trinajstić information content (AvgIpc) is 2.33. The number of rotatable bonds is 6. The Labute approximate surface area is 103 Å². The van der Waals surface area contributed by atoms with Crippen molar-refractivity contribution >= 4 is 12.0 Å². The Morgan fingerprint density at radius 1 is 1.12 bits per heavy atom. The molecule has 3 unspecified atom stereocenters. The molecule has 0 aromatic carbocycles. The zero-order valence-corrected chi connectivity index (χ0v) is 11.4. The number of carbonyl (C=O) groups excluding carboxylic acids is 2. The number of methoxy groups -OCH3 is 1. The molecular formula is C12H24N2O3. The number of ether oxygens (including phenoxy) is 1. The lowest BCUT2D eigenvalue weighted by Crippen LogP contribution is -2.51. The Morgan fingerprint density at radius 2 is 1.71 bits per heavy atom. The van der Waals surface area contributed by atoms with Gasteiger partial charge in [0.25, 0.3) is 0 Å². The number of esters is 1. The van der Waals surface area contributed by atoms with Crippen molar-refractivity contribution in [3.63, 3.8) is 0 Å². The Morgan fingerprint density at radius 3 is 2.12 bits per heavy atom. The van der Waals surface area contributed by atoms with Gasteiger partial charge in [0.15, 0.2) is 0 Å². The van der Waals surface area contributed by atoms with E-state index in [1.165, 1.54) is 7.11 Å². The topological polar surface area (TPSA) is 67.4 Å². The Balaban J connectivity index is 4.43. The Bertz CT molecular complexity index is 256. The number of nitrogens with one attached hydrogen (secondary N) is 2. The largest absolute Gasteiger partial charge is 0.467 e. The van der Waals surface area contributed by atoms with Gasteiger partial charge in [-0.25, -0.2) is 9.59 Å². The molecule has 0 aromatic heterocycles. The molecule has 0 bridgehead atoms. The smallest absolute Gasteiger partial charge is 0.328 e. The summed E-state index contributed by atoms with van der Waals surface area (Å²) in [5, 5.41) is 5.42. The molecule has 0 rings (SSSR count). The van der Waals surface area contributed by atoms with Crippen LogP contribution in [0.2, 0.25) is 0 Å². The number of hydrogen-bond acceptors (Lipinski definition) is 3. The zero-order valence-electron chi connectivity index (χ0n) is 11.4. The standard InChI is InChI=1S/C12H24N2O3/c1-6-8(3)10(11(15)17-5)14-12(16)13-9(4)7-2/h8-10H,6-7H2,1-5H3,(H2,13,14,16). The van der Waals surface area contributed by atoms with Gasteiger partial charge >= 0.3 is 12.0 Å². The second-order valence-corrected chi connectivity index (χ2v) is 4.31. The van der Waals surface area contributed by atoms with Crippen molar-refractivity contribution in [2.24, 2.45) is 5.92 Å². The van der Waals surface area contributed by atoms with Crippen LogP contribution in [0.1, 0.15) is 40.5 Å². The molecule has 100 valence electrons. The van der Waals surface area contributed by atoms with Gasteiger partial charge in [0.1, 0.15) is 6.04 Å². The maximum atomic E-state index is 11.6. The van der Waals surface area contributed by atoms with Gasteiger partial charge in [0.2, 0.25) is 0 Å². The van der Waals surface area contributed by atoms with Crippen molar-refractivity contribution in [2.75, 3.05) is 7.11 Å². The van der Waals surface area contributed by atoms with Crippen molar-refractivity contribution in [3.05, 3.63) is 0 Å². The van der Waals surface area contributed by atoms with Crippen LogP contribution in [0.25, 0.3) is 0 Å². The SMILES string of the molecule is CCC(C)NC(=O)NC(C(=O)OC)C(C)CC.